The highest BCUT2D eigenvalue weighted by atomic mass is 32.2. The lowest BCUT2D eigenvalue weighted by Crippen LogP contribution is -2.14. The zero-order chi connectivity index (χ0) is 23.3. The van der Waals surface area contributed by atoms with Crippen LogP contribution in [0.1, 0.15) is 0 Å². The SMILES string of the molecule is COc1ccc(Oc2cc(NS(=O)(=O)c3cc([N+](=O)[O-])ccc3OC)ccc2OC)cc1. The van der Waals surface area contributed by atoms with Crippen molar-refractivity contribution in [2.45, 2.75) is 4.90 Å². The number of nitrogens with zero attached hydrogens (tertiary/aromatic N) is 1. The van der Waals surface area contributed by atoms with E-state index in [1.807, 2.05) is 0 Å². The first-order chi connectivity index (χ1) is 15.3. The molecule has 32 heavy (non-hydrogen) atoms. The van der Waals surface area contributed by atoms with Crippen LogP contribution in [0.15, 0.2) is 65.6 Å². The molecule has 3 aromatic rings. The van der Waals surface area contributed by atoms with Crippen LogP contribution in [0.5, 0.6) is 28.7 Å². The molecule has 3 aromatic carbocycles. The third-order valence-electron chi connectivity index (χ3n) is 4.35. The van der Waals surface area contributed by atoms with Gasteiger partial charge in [0.25, 0.3) is 15.7 Å². The van der Waals surface area contributed by atoms with Crippen molar-refractivity contribution in [2.75, 3.05) is 26.1 Å². The summed E-state index contributed by atoms with van der Waals surface area (Å²) in [6.07, 6.45) is 0. The molecule has 0 saturated carbocycles. The summed E-state index contributed by atoms with van der Waals surface area (Å²) >= 11 is 0. The molecule has 0 amide bonds. The van der Waals surface area contributed by atoms with E-state index >= 15 is 0 Å². The van der Waals surface area contributed by atoms with E-state index in [4.69, 9.17) is 18.9 Å². The number of nitro groups is 1. The van der Waals surface area contributed by atoms with Gasteiger partial charge in [-0.15, -0.1) is 0 Å². The maximum absolute atomic E-state index is 13.0. The zero-order valence-corrected chi connectivity index (χ0v) is 18.2. The molecule has 0 heterocycles. The van der Waals surface area contributed by atoms with Crippen molar-refractivity contribution in [2.24, 2.45) is 0 Å². The number of ether oxygens (including phenoxy) is 4. The number of benzene rings is 3. The van der Waals surface area contributed by atoms with Crippen molar-refractivity contribution in [1.29, 1.82) is 0 Å². The van der Waals surface area contributed by atoms with Crippen LogP contribution in [0, 0.1) is 10.1 Å². The minimum Gasteiger partial charge on any atom is -0.497 e. The molecule has 0 aliphatic carbocycles. The number of non-ortho nitro benzene ring substituents is 1. The molecule has 10 nitrogen and oxygen atoms in total. The second-order valence-electron chi connectivity index (χ2n) is 6.34. The monoisotopic (exact) mass is 460 g/mol. The Morgan fingerprint density at radius 1 is 0.781 bits per heavy atom. The van der Waals surface area contributed by atoms with Crippen LogP contribution in [-0.2, 0) is 10.0 Å². The number of hydrogen-bond donors (Lipinski definition) is 1. The summed E-state index contributed by atoms with van der Waals surface area (Å²) in [5, 5.41) is 11.1. The van der Waals surface area contributed by atoms with Crippen LogP contribution in [0.4, 0.5) is 11.4 Å². The van der Waals surface area contributed by atoms with Gasteiger partial charge in [-0.05, 0) is 42.5 Å². The molecule has 0 aliphatic heterocycles. The van der Waals surface area contributed by atoms with Gasteiger partial charge in [0.1, 0.15) is 22.1 Å². The van der Waals surface area contributed by atoms with Crippen LogP contribution < -0.4 is 23.7 Å². The second kappa shape index (κ2) is 9.43. The summed E-state index contributed by atoms with van der Waals surface area (Å²) in [5.74, 6) is 1.72. The van der Waals surface area contributed by atoms with Gasteiger partial charge in [-0.25, -0.2) is 8.42 Å². The van der Waals surface area contributed by atoms with Gasteiger partial charge in [-0.3, -0.25) is 14.8 Å². The number of rotatable bonds is 9. The Kier molecular flexibility index (Phi) is 6.69. The zero-order valence-electron chi connectivity index (χ0n) is 17.4. The summed E-state index contributed by atoms with van der Waals surface area (Å²) < 4.78 is 49.6. The minimum atomic E-state index is -4.22. The third-order valence-corrected chi connectivity index (χ3v) is 5.75. The normalized spacial score (nSPS) is 10.8. The van der Waals surface area contributed by atoms with E-state index in [2.05, 4.69) is 4.72 Å². The molecule has 0 saturated heterocycles. The van der Waals surface area contributed by atoms with Gasteiger partial charge in [0, 0.05) is 18.2 Å². The molecule has 0 atom stereocenters. The van der Waals surface area contributed by atoms with Crippen LogP contribution >= 0.6 is 0 Å². The van der Waals surface area contributed by atoms with Crippen LogP contribution in [0.3, 0.4) is 0 Å². The highest BCUT2D eigenvalue weighted by Gasteiger charge is 2.24. The van der Waals surface area contributed by atoms with Crippen molar-refractivity contribution in [3.8, 4) is 28.7 Å². The lowest BCUT2D eigenvalue weighted by atomic mass is 10.2. The van der Waals surface area contributed by atoms with Crippen molar-refractivity contribution < 1.29 is 32.3 Å². The fourth-order valence-electron chi connectivity index (χ4n) is 2.79. The van der Waals surface area contributed by atoms with Crippen molar-refractivity contribution in [3.63, 3.8) is 0 Å². The quantitative estimate of drug-likeness (QED) is 0.372. The molecule has 0 aliphatic rings. The summed E-state index contributed by atoms with van der Waals surface area (Å²) in [6, 6.07) is 14.5. The Bertz CT molecular complexity index is 1230. The molecule has 3 rings (SSSR count). The van der Waals surface area contributed by atoms with E-state index in [-0.39, 0.29) is 27.8 Å². The number of nitrogens with one attached hydrogen (secondary N) is 1. The predicted molar refractivity (Wildman–Crippen MR) is 117 cm³/mol. The molecular weight excluding hydrogens is 440 g/mol. The molecular formula is C21H20N2O8S. The fraction of sp³-hybridized carbons (Fsp3) is 0.143. The molecule has 1 N–H and O–H groups in total. The molecule has 11 heteroatoms. The molecule has 0 aromatic heterocycles. The summed E-state index contributed by atoms with van der Waals surface area (Å²) in [6.45, 7) is 0. The largest absolute Gasteiger partial charge is 0.497 e. The van der Waals surface area contributed by atoms with E-state index in [1.165, 1.54) is 38.5 Å². The summed E-state index contributed by atoms with van der Waals surface area (Å²) in [7, 11) is 0.0484. The topological polar surface area (TPSA) is 126 Å². The van der Waals surface area contributed by atoms with Gasteiger partial charge in [0.05, 0.1) is 31.9 Å². The average Bonchev–Trinajstić information content (AvgIpc) is 2.79. The van der Waals surface area contributed by atoms with Gasteiger partial charge in [0.2, 0.25) is 0 Å². The predicted octanol–water partition coefficient (Wildman–Crippen LogP) is 4.21. The van der Waals surface area contributed by atoms with Crippen molar-refractivity contribution in [3.05, 3.63) is 70.8 Å². The number of hydrogen-bond acceptors (Lipinski definition) is 8. The van der Waals surface area contributed by atoms with Gasteiger partial charge in [0.15, 0.2) is 11.5 Å². The Morgan fingerprint density at radius 2 is 1.41 bits per heavy atom. The second-order valence-corrected chi connectivity index (χ2v) is 7.99. The lowest BCUT2D eigenvalue weighted by molar-refractivity contribution is -0.385. The first-order valence-corrected chi connectivity index (χ1v) is 10.6. The van der Waals surface area contributed by atoms with Gasteiger partial charge < -0.3 is 18.9 Å². The lowest BCUT2D eigenvalue weighted by Gasteiger charge is -2.15. The highest BCUT2D eigenvalue weighted by molar-refractivity contribution is 7.92. The highest BCUT2D eigenvalue weighted by Crippen LogP contribution is 2.36. The van der Waals surface area contributed by atoms with E-state index < -0.39 is 14.9 Å². The molecule has 0 unspecified atom stereocenters. The molecule has 0 bridgehead atoms. The summed E-state index contributed by atoms with van der Waals surface area (Å²) in [5.41, 5.74) is -0.229. The van der Waals surface area contributed by atoms with Crippen molar-refractivity contribution in [1.82, 2.24) is 0 Å². The van der Waals surface area contributed by atoms with E-state index in [0.717, 1.165) is 12.1 Å². The van der Waals surface area contributed by atoms with E-state index in [0.29, 0.717) is 17.2 Å². The Hall–Kier alpha value is -3.99. The fourth-order valence-corrected chi connectivity index (χ4v) is 4.03. The third kappa shape index (κ3) is 5.01. The number of methoxy groups -OCH3 is 3. The maximum Gasteiger partial charge on any atom is 0.271 e. The Labute approximate surface area is 184 Å². The summed E-state index contributed by atoms with van der Waals surface area (Å²) in [4.78, 5) is 10.0. The minimum absolute atomic E-state index is 0.0358. The molecule has 0 fully saturated rings. The van der Waals surface area contributed by atoms with E-state index in [9.17, 15) is 18.5 Å². The van der Waals surface area contributed by atoms with Crippen LogP contribution in [0.25, 0.3) is 0 Å². The van der Waals surface area contributed by atoms with Crippen LogP contribution in [0.2, 0.25) is 0 Å². The van der Waals surface area contributed by atoms with Gasteiger partial charge >= 0.3 is 0 Å². The van der Waals surface area contributed by atoms with Crippen molar-refractivity contribution >= 4 is 21.4 Å². The smallest absolute Gasteiger partial charge is 0.271 e. The first kappa shape index (κ1) is 22.7. The van der Waals surface area contributed by atoms with Gasteiger partial charge in [-0.1, -0.05) is 0 Å². The Balaban J connectivity index is 1.94. The number of sulfonamides is 1. The number of anilines is 1. The maximum atomic E-state index is 13.0. The molecule has 0 radical (unpaired) electrons. The molecule has 168 valence electrons. The molecule has 0 spiro atoms. The number of nitro benzene ring substituents is 1. The standard InChI is InChI=1S/C21H20N2O8S/c1-28-16-6-8-17(9-7-16)31-20-12-14(4-10-18(20)29-2)22-32(26,27)21-13-15(23(24)25)5-11-19(21)30-3/h4-13,22H,1-3H3. The van der Waals surface area contributed by atoms with Crippen LogP contribution in [-0.4, -0.2) is 34.7 Å². The van der Waals surface area contributed by atoms with E-state index in [1.54, 1.807) is 31.4 Å². The average molecular weight is 460 g/mol. The first-order valence-electron chi connectivity index (χ1n) is 9.12. The Morgan fingerprint density at radius 3 is 2.00 bits per heavy atom. The van der Waals surface area contributed by atoms with Gasteiger partial charge in [-0.2, -0.15) is 0 Å².